The normalized spacial score (nSPS) is 15.0. The molecule has 0 radical (unpaired) electrons. The van der Waals surface area contributed by atoms with Gasteiger partial charge in [-0.25, -0.2) is 4.79 Å². The summed E-state index contributed by atoms with van der Waals surface area (Å²) in [6.45, 7) is 5.80. The minimum atomic E-state index is -0.637. The Morgan fingerprint density at radius 2 is 1.56 bits per heavy atom. The number of urea groups is 1. The monoisotopic (exact) mass is 385 g/mol. The molecule has 0 atom stereocenters. The summed E-state index contributed by atoms with van der Waals surface area (Å²) < 4.78 is 2.03. The fraction of sp³-hybridized carbons (Fsp3) is 0.250. The molecular weight excluding hydrogens is 366 g/mol. The van der Waals surface area contributed by atoms with Crippen LogP contribution < -0.4 is 0 Å². The number of imide groups is 2. The largest absolute Gasteiger partial charge is 0.333 e. The van der Waals surface area contributed by atoms with Gasteiger partial charge in [-0.15, -0.1) is 0 Å². The van der Waals surface area contributed by atoms with Gasteiger partial charge in [-0.2, -0.15) is 0 Å². The van der Waals surface area contributed by atoms with E-state index in [2.05, 4.69) is 0 Å². The van der Waals surface area contributed by atoms with E-state index in [-0.39, 0.29) is 5.57 Å². The van der Waals surface area contributed by atoms with Crippen molar-refractivity contribution in [3.05, 3.63) is 57.4 Å². The molecule has 140 valence electrons. The lowest BCUT2D eigenvalue weighted by atomic mass is 10.1. The summed E-state index contributed by atoms with van der Waals surface area (Å²) in [6.07, 6.45) is 1.54. The molecule has 0 spiro atoms. The Labute approximate surface area is 162 Å². The number of aryl methyl sites for hydroxylation is 1. The molecule has 2 aromatic rings. The lowest BCUT2D eigenvalue weighted by Crippen LogP contribution is -2.52. The smallest absolute Gasteiger partial charge is 0.318 e. The van der Waals surface area contributed by atoms with Gasteiger partial charge in [-0.1, -0.05) is 17.7 Å². The number of aromatic nitrogens is 1. The topological polar surface area (TPSA) is 62.6 Å². The number of carbonyl (C=O) groups is 3. The fourth-order valence-corrected chi connectivity index (χ4v) is 3.44. The Morgan fingerprint density at radius 1 is 0.963 bits per heavy atom. The van der Waals surface area contributed by atoms with Gasteiger partial charge in [0.25, 0.3) is 11.8 Å². The first-order valence-electron chi connectivity index (χ1n) is 8.41. The molecule has 1 saturated heterocycles. The Balaban J connectivity index is 2.14. The zero-order valence-electron chi connectivity index (χ0n) is 15.8. The fourth-order valence-electron chi connectivity index (χ4n) is 3.27. The summed E-state index contributed by atoms with van der Waals surface area (Å²) in [4.78, 5) is 38.6. The molecular formula is C20H20ClN3O3. The van der Waals surface area contributed by atoms with E-state index in [9.17, 15) is 14.4 Å². The third-order valence-corrected chi connectivity index (χ3v) is 5.30. The van der Waals surface area contributed by atoms with E-state index in [0.717, 1.165) is 38.0 Å². The maximum Gasteiger partial charge on any atom is 0.333 e. The average Bonchev–Trinajstić information content (AvgIpc) is 2.91. The van der Waals surface area contributed by atoms with Crippen LogP contribution in [0, 0.1) is 20.8 Å². The first-order chi connectivity index (χ1) is 12.6. The molecule has 7 heteroatoms. The summed E-state index contributed by atoms with van der Waals surface area (Å²) >= 11 is 6.26. The van der Waals surface area contributed by atoms with Gasteiger partial charge in [-0.3, -0.25) is 19.4 Å². The van der Waals surface area contributed by atoms with Crippen LogP contribution in [-0.2, 0) is 9.59 Å². The Morgan fingerprint density at radius 3 is 2.15 bits per heavy atom. The van der Waals surface area contributed by atoms with Crippen LogP contribution in [0.1, 0.15) is 22.5 Å². The van der Waals surface area contributed by atoms with Crippen LogP contribution in [0.5, 0.6) is 0 Å². The second-order valence-electron chi connectivity index (χ2n) is 6.61. The van der Waals surface area contributed by atoms with E-state index in [1.807, 2.05) is 49.6 Å². The van der Waals surface area contributed by atoms with Crippen molar-refractivity contribution in [1.29, 1.82) is 0 Å². The predicted molar refractivity (Wildman–Crippen MR) is 104 cm³/mol. The number of amides is 4. The second-order valence-corrected chi connectivity index (χ2v) is 7.02. The van der Waals surface area contributed by atoms with Crippen molar-refractivity contribution < 1.29 is 14.4 Å². The van der Waals surface area contributed by atoms with Crippen LogP contribution in [0.25, 0.3) is 11.8 Å². The van der Waals surface area contributed by atoms with Gasteiger partial charge in [0, 0.05) is 36.2 Å². The highest BCUT2D eigenvalue weighted by Crippen LogP contribution is 2.29. The highest BCUT2D eigenvalue weighted by molar-refractivity contribution is 6.31. The first-order valence-corrected chi connectivity index (χ1v) is 8.79. The highest BCUT2D eigenvalue weighted by atomic mass is 35.5. The quantitative estimate of drug-likeness (QED) is 0.587. The molecule has 1 aliphatic rings. The highest BCUT2D eigenvalue weighted by Gasteiger charge is 2.38. The van der Waals surface area contributed by atoms with Crippen molar-refractivity contribution in [2.24, 2.45) is 0 Å². The molecule has 1 aromatic carbocycles. The molecule has 0 N–H and O–H groups in total. The van der Waals surface area contributed by atoms with E-state index in [1.165, 1.54) is 14.1 Å². The summed E-state index contributed by atoms with van der Waals surface area (Å²) in [5, 5.41) is 0.666. The Kier molecular flexibility index (Phi) is 4.70. The second kappa shape index (κ2) is 6.70. The van der Waals surface area contributed by atoms with Gasteiger partial charge in [0.15, 0.2) is 0 Å². The molecule has 6 nitrogen and oxygen atoms in total. The van der Waals surface area contributed by atoms with E-state index < -0.39 is 17.8 Å². The number of benzene rings is 1. The summed E-state index contributed by atoms with van der Waals surface area (Å²) in [7, 11) is 2.72. The third kappa shape index (κ3) is 2.96. The maximum atomic E-state index is 12.4. The first kappa shape index (κ1) is 18.9. The van der Waals surface area contributed by atoms with Crippen molar-refractivity contribution in [3.8, 4) is 5.69 Å². The number of halogens is 1. The van der Waals surface area contributed by atoms with Gasteiger partial charge in [-0.05, 0) is 56.2 Å². The number of hydrogen-bond acceptors (Lipinski definition) is 3. The molecule has 0 aliphatic carbocycles. The number of barbiturate groups is 1. The molecule has 4 amide bonds. The number of likely N-dealkylation sites (N-methyl/N-ethyl adjacent to an activating group) is 2. The molecule has 1 aliphatic heterocycles. The summed E-state index contributed by atoms with van der Waals surface area (Å²) in [5.41, 5.74) is 4.39. The molecule has 0 saturated carbocycles. The predicted octanol–water partition coefficient (Wildman–Crippen LogP) is 3.49. The summed E-state index contributed by atoms with van der Waals surface area (Å²) in [5.74, 6) is -1.21. The molecule has 0 unspecified atom stereocenters. The Bertz CT molecular complexity index is 994. The van der Waals surface area contributed by atoms with E-state index in [4.69, 9.17) is 11.6 Å². The third-order valence-electron chi connectivity index (χ3n) is 4.89. The van der Waals surface area contributed by atoms with Crippen LogP contribution in [-0.4, -0.2) is 46.3 Å². The van der Waals surface area contributed by atoms with E-state index in [0.29, 0.717) is 5.02 Å². The molecule has 0 bridgehead atoms. The van der Waals surface area contributed by atoms with Gasteiger partial charge >= 0.3 is 6.03 Å². The Hall–Kier alpha value is -2.86. The summed E-state index contributed by atoms with van der Waals surface area (Å²) in [6, 6.07) is 6.95. The SMILES string of the molecule is Cc1c(Cl)cccc1-n1c(C)cc(C=C2C(=O)N(C)C(=O)N(C)C2=O)c1C. The van der Waals surface area contributed by atoms with Crippen molar-refractivity contribution in [1.82, 2.24) is 14.4 Å². The van der Waals surface area contributed by atoms with Gasteiger partial charge < -0.3 is 4.57 Å². The molecule has 1 aromatic heterocycles. The van der Waals surface area contributed by atoms with Crippen molar-refractivity contribution in [2.75, 3.05) is 14.1 Å². The molecule has 1 fully saturated rings. The molecule has 3 rings (SSSR count). The van der Waals surface area contributed by atoms with Crippen LogP contribution >= 0.6 is 11.6 Å². The van der Waals surface area contributed by atoms with Crippen LogP contribution in [0.2, 0.25) is 5.02 Å². The van der Waals surface area contributed by atoms with Crippen LogP contribution in [0.3, 0.4) is 0 Å². The van der Waals surface area contributed by atoms with Crippen molar-refractivity contribution in [2.45, 2.75) is 20.8 Å². The van der Waals surface area contributed by atoms with Crippen molar-refractivity contribution >= 4 is 35.5 Å². The lowest BCUT2D eigenvalue weighted by Gasteiger charge is -2.28. The maximum absolute atomic E-state index is 12.4. The van der Waals surface area contributed by atoms with Gasteiger partial charge in [0.1, 0.15) is 5.57 Å². The minimum Gasteiger partial charge on any atom is -0.318 e. The number of hydrogen-bond donors (Lipinski definition) is 0. The van der Waals surface area contributed by atoms with Crippen molar-refractivity contribution in [3.63, 3.8) is 0 Å². The average molecular weight is 386 g/mol. The van der Waals surface area contributed by atoms with Gasteiger partial charge in [0.2, 0.25) is 0 Å². The van der Waals surface area contributed by atoms with Crippen LogP contribution in [0.4, 0.5) is 4.79 Å². The molecule has 27 heavy (non-hydrogen) atoms. The van der Waals surface area contributed by atoms with Gasteiger partial charge in [0.05, 0.1) is 0 Å². The zero-order chi connectivity index (χ0) is 20.0. The minimum absolute atomic E-state index is 0.0392. The number of nitrogens with zero attached hydrogens (tertiary/aromatic N) is 3. The zero-order valence-corrected chi connectivity index (χ0v) is 16.6. The molecule has 2 heterocycles. The number of rotatable bonds is 2. The lowest BCUT2D eigenvalue weighted by molar-refractivity contribution is -0.134. The van der Waals surface area contributed by atoms with Crippen LogP contribution in [0.15, 0.2) is 29.8 Å². The van der Waals surface area contributed by atoms with E-state index >= 15 is 0 Å². The standard InChI is InChI=1S/C20H20ClN3O3/c1-11-9-14(10-15-18(25)22(4)20(27)23(5)19(15)26)13(3)24(11)17-8-6-7-16(21)12(17)2/h6-10H,1-5H3. The van der Waals surface area contributed by atoms with E-state index in [1.54, 1.807) is 6.08 Å². The number of carbonyl (C=O) groups excluding carboxylic acids is 3.